The maximum atomic E-state index is 13.2. The van der Waals surface area contributed by atoms with Crippen LogP contribution in [-0.4, -0.2) is 32.6 Å². The zero-order chi connectivity index (χ0) is 20.4. The fourth-order valence-electron chi connectivity index (χ4n) is 3.30. The van der Waals surface area contributed by atoms with Crippen LogP contribution in [0.4, 0.5) is 22.0 Å². The predicted molar refractivity (Wildman–Crippen MR) is 90.7 cm³/mol. The summed E-state index contributed by atoms with van der Waals surface area (Å²) in [6, 6.07) is 1.69. The Morgan fingerprint density at radius 2 is 2.00 bits per heavy atom. The quantitative estimate of drug-likeness (QED) is 0.739. The molecule has 2 aromatic heterocycles. The second-order valence-electron chi connectivity index (χ2n) is 7.29. The zero-order valence-corrected chi connectivity index (χ0v) is 15.1. The molecule has 2 heterocycles. The first-order valence-corrected chi connectivity index (χ1v) is 9.14. The van der Waals surface area contributed by atoms with Crippen LogP contribution in [0.1, 0.15) is 49.8 Å². The number of halogens is 5. The first-order valence-electron chi connectivity index (χ1n) is 9.14. The molecule has 10 heteroatoms. The van der Waals surface area contributed by atoms with E-state index in [2.05, 4.69) is 15.4 Å². The number of carbonyl (C=O) groups is 1. The van der Waals surface area contributed by atoms with Gasteiger partial charge in [0.05, 0.1) is 24.5 Å². The lowest BCUT2D eigenvalue weighted by Gasteiger charge is -2.27. The molecule has 1 fully saturated rings. The van der Waals surface area contributed by atoms with Crippen LogP contribution < -0.4 is 5.32 Å². The van der Waals surface area contributed by atoms with E-state index < -0.39 is 30.8 Å². The van der Waals surface area contributed by atoms with Crippen LogP contribution >= 0.6 is 0 Å². The summed E-state index contributed by atoms with van der Waals surface area (Å²) < 4.78 is 64.4. The van der Waals surface area contributed by atoms with Crippen molar-refractivity contribution < 1.29 is 26.7 Å². The van der Waals surface area contributed by atoms with Gasteiger partial charge in [-0.2, -0.15) is 18.3 Å². The Hall–Kier alpha value is -2.26. The lowest BCUT2D eigenvalue weighted by Crippen LogP contribution is -2.25. The number of amides is 1. The molecule has 0 aromatic carbocycles. The number of hydrogen-bond acceptors (Lipinski definition) is 3. The number of aromatic nitrogens is 3. The van der Waals surface area contributed by atoms with Gasteiger partial charge >= 0.3 is 6.18 Å². The van der Waals surface area contributed by atoms with Crippen molar-refractivity contribution in [2.24, 2.45) is 5.92 Å². The predicted octanol–water partition coefficient (Wildman–Crippen LogP) is 4.06. The van der Waals surface area contributed by atoms with Crippen LogP contribution in [0.3, 0.4) is 0 Å². The van der Waals surface area contributed by atoms with Crippen LogP contribution in [0.15, 0.2) is 18.5 Å². The summed E-state index contributed by atoms with van der Waals surface area (Å²) in [6.45, 7) is 0.0556. The SMILES string of the molecule is O=C(CCC(F)(F)F)NCc1cnn2cc(CC3CCC(F)(F)CC3)nc2c1. The van der Waals surface area contributed by atoms with Gasteiger partial charge < -0.3 is 5.32 Å². The zero-order valence-electron chi connectivity index (χ0n) is 15.1. The van der Waals surface area contributed by atoms with E-state index in [0.29, 0.717) is 30.5 Å². The third kappa shape index (κ3) is 5.87. The van der Waals surface area contributed by atoms with E-state index in [0.717, 1.165) is 5.69 Å². The average Bonchev–Trinajstić information content (AvgIpc) is 3.01. The second kappa shape index (κ2) is 8.00. The molecule has 2 aromatic rings. The normalized spacial score (nSPS) is 17.8. The number of fused-ring (bicyclic) bond motifs is 1. The average molecular weight is 404 g/mol. The van der Waals surface area contributed by atoms with Gasteiger partial charge in [0, 0.05) is 25.8 Å². The van der Waals surface area contributed by atoms with Gasteiger partial charge in [0.25, 0.3) is 0 Å². The second-order valence-corrected chi connectivity index (χ2v) is 7.29. The standard InChI is InChI=1S/C18H21F5N4O/c19-17(20)4-1-12(2-5-17)7-14-11-27-15(26-14)8-13(10-25-27)9-24-16(28)3-6-18(21,22)23/h8,10-12H,1-7,9H2,(H,24,28). The third-order valence-electron chi connectivity index (χ3n) is 4.89. The molecule has 0 atom stereocenters. The molecule has 3 rings (SSSR count). The minimum absolute atomic E-state index is 0.0556. The summed E-state index contributed by atoms with van der Waals surface area (Å²) in [6.07, 6.45) is -1.56. The lowest BCUT2D eigenvalue weighted by atomic mass is 9.84. The fourth-order valence-corrected chi connectivity index (χ4v) is 3.30. The van der Waals surface area contributed by atoms with E-state index in [1.54, 1.807) is 16.8 Å². The molecular formula is C18H21F5N4O. The molecule has 1 N–H and O–H groups in total. The van der Waals surface area contributed by atoms with Gasteiger partial charge in [-0.15, -0.1) is 0 Å². The van der Waals surface area contributed by atoms with Crippen molar-refractivity contribution in [3.8, 4) is 0 Å². The van der Waals surface area contributed by atoms with Gasteiger partial charge in [-0.05, 0) is 36.8 Å². The number of nitrogens with zero attached hydrogens (tertiary/aromatic N) is 3. The molecule has 1 aliphatic carbocycles. The lowest BCUT2D eigenvalue weighted by molar-refractivity contribution is -0.144. The highest BCUT2D eigenvalue weighted by Crippen LogP contribution is 2.37. The molecule has 0 aliphatic heterocycles. The molecule has 0 radical (unpaired) electrons. The Balaban J connectivity index is 1.55. The highest BCUT2D eigenvalue weighted by molar-refractivity contribution is 5.75. The fraction of sp³-hybridized carbons (Fsp3) is 0.611. The van der Waals surface area contributed by atoms with Crippen molar-refractivity contribution in [2.45, 2.75) is 63.6 Å². The Morgan fingerprint density at radius 1 is 1.29 bits per heavy atom. The minimum Gasteiger partial charge on any atom is -0.352 e. The Bertz CT molecular complexity index is 823. The number of nitrogens with one attached hydrogen (secondary N) is 1. The maximum Gasteiger partial charge on any atom is 0.389 e. The molecule has 154 valence electrons. The third-order valence-corrected chi connectivity index (χ3v) is 4.89. The molecule has 1 saturated carbocycles. The Labute approximate surface area is 158 Å². The van der Waals surface area contributed by atoms with Crippen molar-refractivity contribution in [2.75, 3.05) is 0 Å². The summed E-state index contributed by atoms with van der Waals surface area (Å²) in [5.74, 6) is -3.08. The van der Waals surface area contributed by atoms with Crippen LogP contribution in [0.5, 0.6) is 0 Å². The number of alkyl halides is 5. The highest BCUT2D eigenvalue weighted by Gasteiger charge is 2.35. The monoisotopic (exact) mass is 404 g/mol. The van der Waals surface area contributed by atoms with Crippen LogP contribution in [-0.2, 0) is 17.8 Å². The molecule has 0 saturated heterocycles. The van der Waals surface area contributed by atoms with Crippen molar-refractivity contribution in [3.05, 3.63) is 29.7 Å². The van der Waals surface area contributed by atoms with Crippen molar-refractivity contribution in [1.82, 2.24) is 19.9 Å². The van der Waals surface area contributed by atoms with Crippen molar-refractivity contribution in [1.29, 1.82) is 0 Å². The summed E-state index contributed by atoms with van der Waals surface area (Å²) in [7, 11) is 0. The van der Waals surface area contributed by atoms with E-state index >= 15 is 0 Å². The largest absolute Gasteiger partial charge is 0.389 e. The Kier molecular flexibility index (Phi) is 5.85. The minimum atomic E-state index is -4.36. The molecule has 1 amide bonds. The molecule has 0 bridgehead atoms. The van der Waals surface area contributed by atoms with Gasteiger partial charge in [-0.3, -0.25) is 4.79 Å². The van der Waals surface area contributed by atoms with Gasteiger partial charge in [-0.25, -0.2) is 18.3 Å². The van der Waals surface area contributed by atoms with E-state index in [1.807, 2.05) is 0 Å². The van der Waals surface area contributed by atoms with Crippen molar-refractivity contribution >= 4 is 11.6 Å². The summed E-state index contributed by atoms with van der Waals surface area (Å²) in [5.41, 5.74) is 1.91. The number of hydrogen-bond donors (Lipinski definition) is 1. The summed E-state index contributed by atoms with van der Waals surface area (Å²) in [4.78, 5) is 15.9. The molecule has 0 spiro atoms. The Morgan fingerprint density at radius 3 is 2.68 bits per heavy atom. The first-order chi connectivity index (χ1) is 13.1. The molecule has 0 unspecified atom stereocenters. The molecular weight excluding hydrogens is 383 g/mol. The molecule has 1 aliphatic rings. The summed E-state index contributed by atoms with van der Waals surface area (Å²) in [5, 5.41) is 6.61. The van der Waals surface area contributed by atoms with Gasteiger partial charge in [0.15, 0.2) is 5.65 Å². The number of rotatable bonds is 6. The molecule has 28 heavy (non-hydrogen) atoms. The smallest absolute Gasteiger partial charge is 0.352 e. The number of imidazole rings is 1. The molecule has 5 nitrogen and oxygen atoms in total. The van der Waals surface area contributed by atoms with Crippen LogP contribution in [0, 0.1) is 5.92 Å². The van der Waals surface area contributed by atoms with E-state index in [-0.39, 0.29) is 25.3 Å². The van der Waals surface area contributed by atoms with E-state index in [1.165, 1.54) is 6.20 Å². The van der Waals surface area contributed by atoms with Gasteiger partial charge in [0.1, 0.15) is 0 Å². The van der Waals surface area contributed by atoms with E-state index in [4.69, 9.17) is 0 Å². The van der Waals surface area contributed by atoms with Gasteiger partial charge in [-0.1, -0.05) is 0 Å². The highest BCUT2D eigenvalue weighted by atomic mass is 19.4. The van der Waals surface area contributed by atoms with Crippen molar-refractivity contribution in [3.63, 3.8) is 0 Å². The maximum absolute atomic E-state index is 13.2. The topological polar surface area (TPSA) is 59.3 Å². The number of carbonyl (C=O) groups excluding carboxylic acids is 1. The summed E-state index contributed by atoms with van der Waals surface area (Å²) >= 11 is 0. The van der Waals surface area contributed by atoms with Crippen LogP contribution in [0.2, 0.25) is 0 Å². The van der Waals surface area contributed by atoms with Crippen LogP contribution in [0.25, 0.3) is 5.65 Å². The first kappa shape index (κ1) is 20.5. The van der Waals surface area contributed by atoms with E-state index in [9.17, 15) is 26.7 Å². The van der Waals surface area contributed by atoms with Gasteiger partial charge in [0.2, 0.25) is 11.8 Å².